The molecule has 1 atom stereocenters. The Morgan fingerprint density at radius 3 is 2.71 bits per heavy atom. The van der Waals surface area contributed by atoms with E-state index >= 15 is 0 Å². The van der Waals surface area contributed by atoms with Gasteiger partial charge in [-0.05, 0) is 109 Å². The Morgan fingerprint density at radius 2 is 2.00 bits per heavy atom. The summed E-state index contributed by atoms with van der Waals surface area (Å²) in [6.07, 6.45) is 6.94. The number of aryl methyl sites for hydroxylation is 2. The highest BCUT2D eigenvalue weighted by molar-refractivity contribution is 6.65. The summed E-state index contributed by atoms with van der Waals surface area (Å²) in [7, 11) is 0. The number of ether oxygens (including phenoxy) is 1. The molecule has 1 unspecified atom stereocenters. The molecule has 0 fully saturated rings. The van der Waals surface area contributed by atoms with Gasteiger partial charge in [-0.2, -0.15) is 0 Å². The molecule has 3 nitrogen and oxygen atoms in total. The number of rotatable bonds is 8. The molecule has 0 N–H and O–H groups in total. The lowest BCUT2D eigenvalue weighted by molar-refractivity contribution is -0.115. The van der Waals surface area contributed by atoms with Crippen molar-refractivity contribution in [2.24, 2.45) is 0 Å². The zero-order valence-electron chi connectivity index (χ0n) is 17.3. The Bertz CT molecular complexity index is 1060. The standard InChI is InChI=1S/C25H24ClF2NO2/c1-16-19(15-29-11-10-24(29)25(26)30)6-5-18-14-20(7-8-21(16)18)31-12-2-3-17-4-9-22(27)23(28)13-17/h4,7-11,13-14,24H,2-3,5-6,12,15H2,1H3. The Morgan fingerprint density at radius 1 is 1.16 bits per heavy atom. The van der Waals surface area contributed by atoms with Crippen molar-refractivity contribution in [1.82, 2.24) is 4.90 Å². The molecule has 2 aromatic carbocycles. The first-order valence-electron chi connectivity index (χ1n) is 10.4. The first kappa shape index (κ1) is 21.6. The molecule has 0 radical (unpaired) electrons. The molecule has 6 heteroatoms. The number of carbonyl (C=O) groups is 1. The van der Waals surface area contributed by atoms with Gasteiger partial charge in [0.15, 0.2) is 11.6 Å². The third-order valence-corrected chi connectivity index (χ3v) is 6.22. The van der Waals surface area contributed by atoms with E-state index in [1.165, 1.54) is 28.3 Å². The Labute approximate surface area is 186 Å². The molecule has 2 aromatic rings. The van der Waals surface area contributed by atoms with E-state index in [0.717, 1.165) is 36.6 Å². The van der Waals surface area contributed by atoms with E-state index in [2.05, 4.69) is 19.1 Å². The minimum absolute atomic E-state index is 0.314. The molecule has 0 bridgehead atoms. The summed E-state index contributed by atoms with van der Waals surface area (Å²) in [5, 5.41) is -0.344. The number of halogens is 3. The molecule has 1 heterocycles. The quantitative estimate of drug-likeness (QED) is 0.389. The SMILES string of the molecule is CC1=C(CN2C=CC2C(=O)Cl)CCc2cc(OCCCc3ccc(F)c(F)c3)ccc21. The van der Waals surface area contributed by atoms with Crippen LogP contribution in [0, 0.1) is 11.6 Å². The Balaban J connectivity index is 1.34. The predicted molar refractivity (Wildman–Crippen MR) is 118 cm³/mol. The van der Waals surface area contributed by atoms with E-state index in [9.17, 15) is 13.6 Å². The molecule has 0 spiro atoms. The van der Waals surface area contributed by atoms with Crippen molar-refractivity contribution in [3.63, 3.8) is 0 Å². The molecule has 0 amide bonds. The average molecular weight is 444 g/mol. The van der Waals surface area contributed by atoms with E-state index < -0.39 is 11.6 Å². The third-order valence-electron chi connectivity index (χ3n) is 5.99. The van der Waals surface area contributed by atoms with Crippen LogP contribution < -0.4 is 4.74 Å². The van der Waals surface area contributed by atoms with Crippen molar-refractivity contribution < 1.29 is 18.3 Å². The van der Waals surface area contributed by atoms with Gasteiger partial charge in [-0.1, -0.05) is 12.1 Å². The van der Waals surface area contributed by atoms with Crippen molar-refractivity contribution in [3.8, 4) is 5.75 Å². The summed E-state index contributed by atoms with van der Waals surface area (Å²) < 4.78 is 32.2. The fraction of sp³-hybridized carbons (Fsp3) is 0.320. The maximum Gasteiger partial charge on any atom is 0.248 e. The fourth-order valence-corrected chi connectivity index (χ4v) is 4.32. The van der Waals surface area contributed by atoms with Crippen LogP contribution in [0.5, 0.6) is 5.75 Å². The molecular formula is C25H24ClF2NO2. The first-order chi connectivity index (χ1) is 14.9. The van der Waals surface area contributed by atoms with E-state index in [-0.39, 0.29) is 11.3 Å². The van der Waals surface area contributed by atoms with E-state index in [1.54, 1.807) is 6.07 Å². The lowest BCUT2D eigenvalue weighted by Crippen LogP contribution is -2.42. The minimum atomic E-state index is -0.824. The van der Waals surface area contributed by atoms with Crippen LogP contribution in [0.1, 0.15) is 36.5 Å². The van der Waals surface area contributed by atoms with Crippen LogP contribution in [-0.2, 0) is 17.6 Å². The molecule has 0 aromatic heterocycles. The van der Waals surface area contributed by atoms with Crippen LogP contribution >= 0.6 is 11.6 Å². The zero-order valence-corrected chi connectivity index (χ0v) is 18.1. The summed E-state index contributed by atoms with van der Waals surface area (Å²) in [5.41, 5.74) is 5.79. The van der Waals surface area contributed by atoms with Crippen LogP contribution in [0.3, 0.4) is 0 Å². The van der Waals surface area contributed by atoms with Crippen LogP contribution in [0.15, 0.2) is 54.2 Å². The highest BCUT2D eigenvalue weighted by atomic mass is 35.5. The maximum atomic E-state index is 13.3. The van der Waals surface area contributed by atoms with Gasteiger partial charge in [-0.3, -0.25) is 4.79 Å². The van der Waals surface area contributed by atoms with Crippen molar-refractivity contribution in [2.45, 2.75) is 38.6 Å². The molecular weight excluding hydrogens is 420 g/mol. The third kappa shape index (κ3) is 4.82. The number of fused-ring (bicyclic) bond motifs is 1. The van der Waals surface area contributed by atoms with Gasteiger partial charge in [0.25, 0.3) is 0 Å². The van der Waals surface area contributed by atoms with Crippen LogP contribution in [0.2, 0.25) is 0 Å². The normalized spacial score (nSPS) is 17.4. The highest BCUT2D eigenvalue weighted by Gasteiger charge is 2.28. The number of hydrogen-bond acceptors (Lipinski definition) is 3. The molecule has 162 valence electrons. The van der Waals surface area contributed by atoms with E-state index in [1.807, 2.05) is 23.2 Å². The molecule has 0 saturated heterocycles. The molecule has 31 heavy (non-hydrogen) atoms. The first-order valence-corrected chi connectivity index (χ1v) is 10.8. The van der Waals surface area contributed by atoms with Crippen LogP contribution in [0.4, 0.5) is 8.78 Å². The summed E-state index contributed by atoms with van der Waals surface area (Å²) in [6, 6.07) is 9.83. The molecule has 2 aliphatic rings. The largest absolute Gasteiger partial charge is 0.494 e. The van der Waals surface area contributed by atoms with Gasteiger partial charge in [0, 0.05) is 6.54 Å². The maximum absolute atomic E-state index is 13.3. The number of benzene rings is 2. The summed E-state index contributed by atoms with van der Waals surface area (Å²) in [6.45, 7) is 3.34. The van der Waals surface area contributed by atoms with Gasteiger partial charge >= 0.3 is 0 Å². The second-order valence-electron chi connectivity index (χ2n) is 8.01. The van der Waals surface area contributed by atoms with E-state index in [0.29, 0.717) is 19.6 Å². The zero-order chi connectivity index (χ0) is 22.0. The Hall–Kier alpha value is -2.66. The van der Waals surface area contributed by atoms with Gasteiger partial charge in [-0.25, -0.2) is 8.78 Å². The number of nitrogens with zero attached hydrogens (tertiary/aromatic N) is 1. The summed E-state index contributed by atoms with van der Waals surface area (Å²) >= 11 is 5.63. The molecule has 1 aliphatic heterocycles. The van der Waals surface area contributed by atoms with Crippen molar-refractivity contribution in [3.05, 3.63) is 82.6 Å². The van der Waals surface area contributed by atoms with Crippen LogP contribution in [-0.4, -0.2) is 29.3 Å². The smallest absolute Gasteiger partial charge is 0.248 e. The average Bonchev–Trinajstić information content (AvgIpc) is 2.72. The fourth-order valence-electron chi connectivity index (χ4n) is 4.13. The van der Waals surface area contributed by atoms with E-state index in [4.69, 9.17) is 16.3 Å². The molecule has 4 rings (SSSR count). The second-order valence-corrected chi connectivity index (χ2v) is 8.38. The summed E-state index contributed by atoms with van der Waals surface area (Å²) in [4.78, 5) is 13.4. The monoisotopic (exact) mass is 443 g/mol. The topological polar surface area (TPSA) is 29.5 Å². The molecule has 0 saturated carbocycles. The Kier molecular flexibility index (Phi) is 6.42. The second kappa shape index (κ2) is 9.23. The van der Waals surface area contributed by atoms with Gasteiger partial charge in [-0.15, -0.1) is 0 Å². The predicted octanol–water partition coefficient (Wildman–Crippen LogP) is 5.66. The van der Waals surface area contributed by atoms with Crippen molar-refractivity contribution >= 4 is 22.4 Å². The lowest BCUT2D eigenvalue weighted by atomic mass is 9.85. The number of hydrogen-bond donors (Lipinski definition) is 0. The van der Waals surface area contributed by atoms with Crippen molar-refractivity contribution in [2.75, 3.05) is 13.2 Å². The number of carbonyl (C=O) groups excluding carboxylic acids is 1. The van der Waals surface area contributed by atoms with Gasteiger partial charge in [0.05, 0.1) is 6.61 Å². The lowest BCUT2D eigenvalue weighted by Gasteiger charge is -2.35. The van der Waals surface area contributed by atoms with Gasteiger partial charge < -0.3 is 9.64 Å². The summed E-state index contributed by atoms with van der Waals surface area (Å²) in [5.74, 6) is -0.820. The van der Waals surface area contributed by atoms with Gasteiger partial charge in [0.2, 0.25) is 5.24 Å². The van der Waals surface area contributed by atoms with Crippen LogP contribution in [0.25, 0.3) is 5.57 Å². The van der Waals surface area contributed by atoms with Gasteiger partial charge in [0.1, 0.15) is 11.8 Å². The molecule has 1 aliphatic carbocycles. The number of allylic oxidation sites excluding steroid dienone is 1. The minimum Gasteiger partial charge on any atom is -0.494 e. The highest BCUT2D eigenvalue weighted by Crippen LogP contribution is 2.34. The van der Waals surface area contributed by atoms with Crippen molar-refractivity contribution in [1.29, 1.82) is 0 Å².